The van der Waals surface area contributed by atoms with Crippen molar-refractivity contribution >= 4 is 22.8 Å². The normalized spacial score (nSPS) is 12.6. The lowest BCUT2D eigenvalue weighted by Gasteiger charge is -2.18. The van der Waals surface area contributed by atoms with E-state index in [1.807, 2.05) is 0 Å². The minimum atomic E-state index is -0.981. The number of benzene rings is 1. The Bertz CT molecular complexity index is 663. The summed E-state index contributed by atoms with van der Waals surface area (Å²) in [6, 6.07) is 6.10. The minimum absolute atomic E-state index is 0.130. The average molecular weight is 261 g/mol. The number of carboxylic acids is 1. The summed E-state index contributed by atoms with van der Waals surface area (Å²) in [5.41, 5.74) is 0.239. The number of rotatable bonds is 4. The van der Waals surface area contributed by atoms with Gasteiger partial charge in [-0.15, -0.1) is 0 Å². The van der Waals surface area contributed by atoms with Gasteiger partial charge >= 0.3 is 5.97 Å². The number of aliphatic carboxylic acids is 1. The summed E-state index contributed by atoms with van der Waals surface area (Å²) in [4.78, 5) is 29.7. The molecule has 1 aromatic carbocycles. The van der Waals surface area contributed by atoms with Crippen LogP contribution < -0.4 is 10.9 Å². The Labute approximate surface area is 109 Å². The summed E-state index contributed by atoms with van der Waals surface area (Å²) < 4.78 is 0. The van der Waals surface area contributed by atoms with Gasteiger partial charge < -0.3 is 10.4 Å². The molecule has 1 heterocycles. The lowest BCUT2D eigenvalue weighted by Crippen LogP contribution is -2.35. The molecule has 0 unspecified atom stereocenters. The Morgan fingerprint density at radius 1 is 1.37 bits per heavy atom. The van der Waals surface area contributed by atoms with Crippen molar-refractivity contribution in [2.45, 2.75) is 19.9 Å². The van der Waals surface area contributed by atoms with Crippen molar-refractivity contribution in [3.8, 4) is 0 Å². The van der Waals surface area contributed by atoms with Crippen molar-refractivity contribution in [3.05, 3.63) is 34.6 Å². The van der Waals surface area contributed by atoms with Crippen LogP contribution in [-0.2, 0) is 4.79 Å². The first-order chi connectivity index (χ1) is 8.99. The van der Waals surface area contributed by atoms with Gasteiger partial charge in [0.2, 0.25) is 5.95 Å². The van der Waals surface area contributed by atoms with Crippen molar-refractivity contribution in [2.75, 3.05) is 5.32 Å². The van der Waals surface area contributed by atoms with E-state index in [1.165, 1.54) is 0 Å². The number of hydrogen-bond donors (Lipinski definition) is 3. The molecule has 1 aromatic heterocycles. The first-order valence-electron chi connectivity index (χ1n) is 5.97. The molecule has 6 heteroatoms. The Morgan fingerprint density at radius 2 is 2.05 bits per heavy atom. The highest BCUT2D eigenvalue weighted by Crippen LogP contribution is 2.11. The largest absolute Gasteiger partial charge is 0.480 e. The third-order valence-corrected chi connectivity index (χ3v) is 2.84. The van der Waals surface area contributed by atoms with Crippen LogP contribution in [0.25, 0.3) is 10.9 Å². The molecular formula is C13H15N3O3. The van der Waals surface area contributed by atoms with Crippen molar-refractivity contribution in [1.82, 2.24) is 9.97 Å². The lowest BCUT2D eigenvalue weighted by molar-refractivity contribution is -0.138. The highest BCUT2D eigenvalue weighted by molar-refractivity contribution is 5.80. The number of carbonyl (C=O) groups is 1. The van der Waals surface area contributed by atoms with Gasteiger partial charge in [-0.2, -0.15) is 0 Å². The van der Waals surface area contributed by atoms with E-state index in [9.17, 15) is 9.59 Å². The van der Waals surface area contributed by atoms with Gasteiger partial charge in [0.15, 0.2) is 0 Å². The predicted molar refractivity (Wildman–Crippen MR) is 72.2 cm³/mol. The van der Waals surface area contributed by atoms with E-state index in [-0.39, 0.29) is 17.4 Å². The van der Waals surface area contributed by atoms with Gasteiger partial charge in [0.05, 0.1) is 10.9 Å². The summed E-state index contributed by atoms with van der Waals surface area (Å²) in [5, 5.41) is 12.3. The molecule has 100 valence electrons. The monoisotopic (exact) mass is 261 g/mol. The van der Waals surface area contributed by atoms with Gasteiger partial charge in [-0.25, -0.2) is 9.78 Å². The zero-order chi connectivity index (χ0) is 14.0. The van der Waals surface area contributed by atoms with E-state index in [2.05, 4.69) is 15.3 Å². The van der Waals surface area contributed by atoms with Crippen molar-refractivity contribution in [2.24, 2.45) is 5.92 Å². The fourth-order valence-corrected chi connectivity index (χ4v) is 1.82. The second-order valence-electron chi connectivity index (χ2n) is 4.64. The van der Waals surface area contributed by atoms with Gasteiger partial charge in [-0.05, 0) is 18.1 Å². The molecule has 0 radical (unpaired) electrons. The second kappa shape index (κ2) is 5.09. The average Bonchev–Trinajstić information content (AvgIpc) is 2.35. The zero-order valence-electron chi connectivity index (χ0n) is 10.7. The smallest absolute Gasteiger partial charge is 0.326 e. The van der Waals surface area contributed by atoms with Crippen LogP contribution in [0.2, 0.25) is 0 Å². The molecule has 3 N–H and O–H groups in total. The van der Waals surface area contributed by atoms with Crippen LogP contribution >= 0.6 is 0 Å². The molecular weight excluding hydrogens is 246 g/mol. The highest BCUT2D eigenvalue weighted by atomic mass is 16.4. The van der Waals surface area contributed by atoms with Gasteiger partial charge in [0, 0.05) is 0 Å². The Morgan fingerprint density at radius 3 is 2.68 bits per heavy atom. The van der Waals surface area contributed by atoms with Crippen LogP contribution in [0.4, 0.5) is 5.95 Å². The van der Waals surface area contributed by atoms with E-state index in [0.717, 1.165) is 0 Å². The first-order valence-corrected chi connectivity index (χ1v) is 5.97. The van der Waals surface area contributed by atoms with E-state index in [4.69, 9.17) is 5.11 Å². The predicted octanol–water partition coefficient (Wildman–Crippen LogP) is 1.44. The number of hydrogen-bond acceptors (Lipinski definition) is 4. The maximum atomic E-state index is 11.8. The van der Waals surface area contributed by atoms with E-state index in [0.29, 0.717) is 10.9 Å². The van der Waals surface area contributed by atoms with E-state index >= 15 is 0 Å². The van der Waals surface area contributed by atoms with Crippen molar-refractivity contribution in [1.29, 1.82) is 0 Å². The number of H-pyrrole nitrogens is 1. The second-order valence-corrected chi connectivity index (χ2v) is 4.64. The molecule has 0 spiro atoms. The molecule has 0 aliphatic heterocycles. The summed E-state index contributed by atoms with van der Waals surface area (Å²) in [7, 11) is 0. The standard InChI is InChI=1S/C13H15N3O3/c1-7(2)10(12(18)19)15-13-14-9-6-4-3-5-8(9)11(17)16-13/h3-7,10H,1-2H3,(H,18,19)(H2,14,15,16,17)/t10-/m0/s1. The Balaban J connectivity index is 2.41. The van der Waals surface area contributed by atoms with Gasteiger partial charge in [-0.1, -0.05) is 26.0 Å². The topological polar surface area (TPSA) is 95.1 Å². The molecule has 0 aliphatic rings. The molecule has 0 fully saturated rings. The highest BCUT2D eigenvalue weighted by Gasteiger charge is 2.22. The van der Waals surface area contributed by atoms with E-state index in [1.54, 1.807) is 38.1 Å². The molecule has 1 atom stereocenters. The quantitative estimate of drug-likeness (QED) is 0.774. The van der Waals surface area contributed by atoms with Crippen molar-refractivity contribution in [3.63, 3.8) is 0 Å². The summed E-state index contributed by atoms with van der Waals surface area (Å²) in [6.07, 6.45) is 0. The fraction of sp³-hybridized carbons (Fsp3) is 0.308. The van der Waals surface area contributed by atoms with Gasteiger partial charge in [-0.3, -0.25) is 9.78 Å². The van der Waals surface area contributed by atoms with Gasteiger partial charge in [0.25, 0.3) is 5.56 Å². The number of anilines is 1. The number of aromatic amines is 1. The Kier molecular flexibility index (Phi) is 3.50. The third-order valence-electron chi connectivity index (χ3n) is 2.84. The number of aromatic nitrogens is 2. The molecule has 0 amide bonds. The lowest BCUT2D eigenvalue weighted by atomic mass is 10.1. The van der Waals surface area contributed by atoms with E-state index < -0.39 is 12.0 Å². The molecule has 0 saturated carbocycles. The molecule has 2 aromatic rings. The van der Waals surface area contributed by atoms with Gasteiger partial charge in [0.1, 0.15) is 6.04 Å². The molecule has 0 aliphatic carbocycles. The SMILES string of the molecule is CC(C)[C@H](Nc1nc2ccccc2c(=O)[nH]1)C(=O)O. The van der Waals surface area contributed by atoms with Crippen LogP contribution in [0.1, 0.15) is 13.8 Å². The van der Waals surface area contributed by atoms with Crippen LogP contribution in [0, 0.1) is 5.92 Å². The minimum Gasteiger partial charge on any atom is -0.480 e. The summed E-state index contributed by atoms with van der Waals surface area (Å²) in [5.74, 6) is -0.940. The maximum absolute atomic E-state index is 11.8. The Hall–Kier alpha value is -2.37. The summed E-state index contributed by atoms with van der Waals surface area (Å²) >= 11 is 0. The van der Waals surface area contributed by atoms with Crippen LogP contribution in [-0.4, -0.2) is 27.1 Å². The number of nitrogens with zero attached hydrogens (tertiary/aromatic N) is 1. The zero-order valence-corrected chi connectivity index (χ0v) is 10.7. The number of nitrogens with one attached hydrogen (secondary N) is 2. The van der Waals surface area contributed by atoms with Crippen LogP contribution in [0.15, 0.2) is 29.1 Å². The fourth-order valence-electron chi connectivity index (χ4n) is 1.82. The molecule has 19 heavy (non-hydrogen) atoms. The number of carboxylic acid groups (broad SMARTS) is 1. The molecule has 2 rings (SSSR count). The number of para-hydroxylation sites is 1. The van der Waals surface area contributed by atoms with Crippen molar-refractivity contribution < 1.29 is 9.90 Å². The maximum Gasteiger partial charge on any atom is 0.326 e. The summed E-state index contributed by atoms with van der Waals surface area (Å²) in [6.45, 7) is 3.57. The first kappa shape index (κ1) is 13.1. The van der Waals surface area contributed by atoms with Crippen LogP contribution in [0.5, 0.6) is 0 Å². The van der Waals surface area contributed by atoms with Crippen LogP contribution in [0.3, 0.4) is 0 Å². The third kappa shape index (κ3) is 2.73. The molecule has 0 saturated heterocycles. The molecule has 0 bridgehead atoms. The number of fused-ring (bicyclic) bond motifs is 1. The molecule has 6 nitrogen and oxygen atoms in total.